The van der Waals surface area contributed by atoms with E-state index in [1.807, 2.05) is 0 Å². The van der Waals surface area contributed by atoms with Gasteiger partial charge in [-0.3, -0.25) is 0 Å². The second-order valence-electron chi connectivity index (χ2n) is 6.39. The van der Waals surface area contributed by atoms with Crippen molar-refractivity contribution >= 4 is 5.95 Å². The van der Waals surface area contributed by atoms with E-state index in [2.05, 4.69) is 41.8 Å². The van der Waals surface area contributed by atoms with Crippen LogP contribution in [0.3, 0.4) is 0 Å². The highest BCUT2D eigenvalue weighted by atomic mass is 16.5. The molecule has 1 N–H and O–H groups in total. The van der Waals surface area contributed by atoms with Gasteiger partial charge in [-0.25, -0.2) is 4.98 Å². The quantitative estimate of drug-likeness (QED) is 0.810. The summed E-state index contributed by atoms with van der Waals surface area (Å²) in [6.45, 7) is 8.55. The third kappa shape index (κ3) is 3.98. The lowest BCUT2D eigenvalue weighted by Crippen LogP contribution is -2.34. The molecule has 0 spiro atoms. The highest BCUT2D eigenvalue weighted by Crippen LogP contribution is 2.30. The lowest BCUT2D eigenvalue weighted by Gasteiger charge is -2.33. The van der Waals surface area contributed by atoms with Crippen molar-refractivity contribution in [3.63, 3.8) is 0 Å². The molecule has 0 bridgehead atoms. The van der Waals surface area contributed by atoms with Gasteiger partial charge in [-0.2, -0.15) is 0 Å². The van der Waals surface area contributed by atoms with E-state index in [4.69, 9.17) is 4.74 Å². The minimum absolute atomic E-state index is 0.564. The Kier molecular flexibility index (Phi) is 5.46. The average Bonchev–Trinajstić information content (AvgIpc) is 2.73. The molecule has 1 aromatic heterocycles. The van der Waals surface area contributed by atoms with Crippen LogP contribution in [0.15, 0.2) is 6.20 Å². The number of anilines is 1. The first kappa shape index (κ1) is 15.4. The Balaban J connectivity index is 1.97. The minimum atomic E-state index is 0.564. The van der Waals surface area contributed by atoms with E-state index in [9.17, 15) is 0 Å². The lowest BCUT2D eigenvalue weighted by atomic mass is 9.80. The van der Waals surface area contributed by atoms with E-state index in [0.717, 1.165) is 43.1 Å². The maximum Gasteiger partial charge on any atom is 0.203 e. The number of ether oxygens (including phenoxy) is 1. The zero-order chi connectivity index (χ0) is 14.5. The Morgan fingerprint density at radius 2 is 2.20 bits per heavy atom. The normalized spacial score (nSPS) is 26.7. The van der Waals surface area contributed by atoms with Crippen LogP contribution in [0.25, 0.3) is 0 Å². The molecule has 0 amide bonds. The van der Waals surface area contributed by atoms with Gasteiger partial charge in [0.25, 0.3) is 0 Å². The molecule has 3 atom stereocenters. The van der Waals surface area contributed by atoms with E-state index in [-0.39, 0.29) is 0 Å². The first-order chi connectivity index (χ1) is 9.60. The van der Waals surface area contributed by atoms with Crippen LogP contribution in [0.4, 0.5) is 5.95 Å². The highest BCUT2D eigenvalue weighted by molar-refractivity contribution is 5.30. The van der Waals surface area contributed by atoms with Crippen LogP contribution in [-0.4, -0.2) is 29.3 Å². The number of nitrogens with one attached hydrogen (secondary N) is 1. The Morgan fingerprint density at radius 3 is 2.90 bits per heavy atom. The van der Waals surface area contributed by atoms with Crippen LogP contribution >= 0.6 is 0 Å². The number of methoxy groups -OCH3 is 1. The zero-order valence-corrected chi connectivity index (χ0v) is 13.4. The number of aromatic nitrogens is 2. The second-order valence-corrected chi connectivity index (χ2v) is 6.39. The van der Waals surface area contributed by atoms with Gasteiger partial charge in [0, 0.05) is 32.5 Å². The predicted molar refractivity (Wildman–Crippen MR) is 83.0 cm³/mol. The molecule has 4 heteroatoms. The Hall–Kier alpha value is -1.03. The molecule has 0 radical (unpaired) electrons. The zero-order valence-electron chi connectivity index (χ0n) is 13.4. The van der Waals surface area contributed by atoms with Gasteiger partial charge < -0.3 is 14.6 Å². The Labute approximate surface area is 122 Å². The van der Waals surface area contributed by atoms with E-state index < -0.39 is 0 Å². The SMILES string of the molecule is COCCCn1cc(C)nc1NC1CCC(C)CC1C. The number of aryl methyl sites for hydroxylation is 2. The van der Waals surface area contributed by atoms with Gasteiger partial charge in [-0.1, -0.05) is 13.8 Å². The molecule has 114 valence electrons. The molecule has 1 aromatic rings. The van der Waals surface area contributed by atoms with Crippen molar-refractivity contribution in [2.24, 2.45) is 11.8 Å². The molecule has 1 fully saturated rings. The third-order valence-electron chi connectivity index (χ3n) is 4.39. The fourth-order valence-electron chi connectivity index (χ4n) is 3.26. The van der Waals surface area contributed by atoms with Crippen LogP contribution in [0, 0.1) is 18.8 Å². The molecular weight excluding hydrogens is 250 g/mol. The van der Waals surface area contributed by atoms with Gasteiger partial charge >= 0.3 is 0 Å². The second kappa shape index (κ2) is 7.11. The number of rotatable bonds is 6. The van der Waals surface area contributed by atoms with Gasteiger partial charge in [0.15, 0.2) is 0 Å². The Bertz CT molecular complexity index is 416. The van der Waals surface area contributed by atoms with Crippen LogP contribution in [0.5, 0.6) is 0 Å². The molecule has 4 nitrogen and oxygen atoms in total. The molecule has 0 saturated heterocycles. The fourth-order valence-corrected chi connectivity index (χ4v) is 3.26. The van der Waals surface area contributed by atoms with Crippen molar-refractivity contribution in [1.29, 1.82) is 0 Å². The van der Waals surface area contributed by atoms with Crippen molar-refractivity contribution in [3.05, 3.63) is 11.9 Å². The van der Waals surface area contributed by atoms with Crippen molar-refractivity contribution in [2.45, 2.75) is 59.0 Å². The van der Waals surface area contributed by atoms with E-state index >= 15 is 0 Å². The largest absolute Gasteiger partial charge is 0.385 e. The average molecular weight is 279 g/mol. The van der Waals surface area contributed by atoms with Gasteiger partial charge in [-0.05, 0) is 44.4 Å². The van der Waals surface area contributed by atoms with E-state index in [1.54, 1.807) is 7.11 Å². The maximum absolute atomic E-state index is 5.13. The summed E-state index contributed by atoms with van der Waals surface area (Å²) in [5.74, 6) is 2.62. The molecule has 1 aliphatic carbocycles. The first-order valence-electron chi connectivity index (χ1n) is 7.89. The fraction of sp³-hybridized carbons (Fsp3) is 0.812. The van der Waals surface area contributed by atoms with Crippen LogP contribution in [0.2, 0.25) is 0 Å². The topological polar surface area (TPSA) is 39.1 Å². The smallest absolute Gasteiger partial charge is 0.203 e. The molecule has 1 heterocycles. The summed E-state index contributed by atoms with van der Waals surface area (Å²) in [5.41, 5.74) is 1.08. The van der Waals surface area contributed by atoms with Gasteiger partial charge in [0.2, 0.25) is 5.95 Å². The van der Waals surface area contributed by atoms with Crippen molar-refractivity contribution < 1.29 is 4.74 Å². The molecule has 20 heavy (non-hydrogen) atoms. The number of imidazole rings is 1. The molecule has 0 aliphatic heterocycles. The summed E-state index contributed by atoms with van der Waals surface area (Å²) >= 11 is 0. The monoisotopic (exact) mass is 279 g/mol. The minimum Gasteiger partial charge on any atom is -0.385 e. The summed E-state index contributed by atoms with van der Waals surface area (Å²) in [5, 5.41) is 3.68. The van der Waals surface area contributed by atoms with Gasteiger partial charge in [0.1, 0.15) is 0 Å². The summed E-state index contributed by atoms with van der Waals surface area (Å²) in [6.07, 6.45) is 7.06. The first-order valence-corrected chi connectivity index (χ1v) is 7.89. The molecule has 1 saturated carbocycles. The molecule has 2 rings (SSSR count). The highest BCUT2D eigenvalue weighted by Gasteiger charge is 2.26. The van der Waals surface area contributed by atoms with Gasteiger partial charge in [-0.15, -0.1) is 0 Å². The summed E-state index contributed by atoms with van der Waals surface area (Å²) in [6, 6.07) is 0.564. The van der Waals surface area contributed by atoms with E-state index in [0.29, 0.717) is 6.04 Å². The van der Waals surface area contributed by atoms with Gasteiger partial charge in [0.05, 0.1) is 5.69 Å². The number of nitrogens with zero attached hydrogens (tertiary/aromatic N) is 2. The molecule has 1 aliphatic rings. The predicted octanol–water partition coefficient (Wildman–Crippen LogP) is 3.46. The molecule has 3 unspecified atom stereocenters. The Morgan fingerprint density at radius 1 is 1.40 bits per heavy atom. The molecule has 0 aromatic carbocycles. The van der Waals surface area contributed by atoms with E-state index in [1.165, 1.54) is 19.3 Å². The van der Waals surface area contributed by atoms with Crippen molar-refractivity contribution in [3.8, 4) is 0 Å². The molecular formula is C16H29N3O. The van der Waals surface area contributed by atoms with Crippen molar-refractivity contribution in [2.75, 3.05) is 19.0 Å². The summed E-state index contributed by atoms with van der Waals surface area (Å²) in [7, 11) is 1.75. The number of hydrogen-bond acceptors (Lipinski definition) is 3. The van der Waals surface area contributed by atoms with Crippen LogP contribution < -0.4 is 5.32 Å². The van der Waals surface area contributed by atoms with Crippen LogP contribution in [0.1, 0.15) is 45.2 Å². The van der Waals surface area contributed by atoms with Crippen LogP contribution in [-0.2, 0) is 11.3 Å². The summed E-state index contributed by atoms with van der Waals surface area (Å²) < 4.78 is 7.37. The maximum atomic E-state index is 5.13. The standard InChI is InChI=1S/C16H29N3O/c1-12-6-7-15(13(2)10-12)18-16-17-14(3)11-19(16)8-5-9-20-4/h11-13,15H,5-10H2,1-4H3,(H,17,18). The third-order valence-corrected chi connectivity index (χ3v) is 4.39. The summed E-state index contributed by atoms with van der Waals surface area (Å²) in [4.78, 5) is 4.65. The number of hydrogen-bond donors (Lipinski definition) is 1. The lowest BCUT2D eigenvalue weighted by molar-refractivity contribution is 0.190. The van der Waals surface area contributed by atoms with Crippen molar-refractivity contribution in [1.82, 2.24) is 9.55 Å².